The van der Waals surface area contributed by atoms with Crippen molar-refractivity contribution in [3.05, 3.63) is 0 Å². The highest BCUT2D eigenvalue weighted by Gasteiger charge is 2.27. The summed E-state index contributed by atoms with van der Waals surface area (Å²) in [6.07, 6.45) is 4.41. The van der Waals surface area contributed by atoms with E-state index >= 15 is 0 Å². The molecule has 0 amide bonds. The molecular formula is C16H36N2. The molecule has 2 heteroatoms. The second-order valence-corrected chi connectivity index (χ2v) is 5.20. The van der Waals surface area contributed by atoms with Crippen LogP contribution in [0.5, 0.6) is 0 Å². The van der Waals surface area contributed by atoms with Crippen LogP contribution in [0.15, 0.2) is 0 Å². The number of rotatable bonds is 3. The molecule has 2 heterocycles. The topological polar surface area (TPSA) is 6.48 Å². The van der Waals surface area contributed by atoms with Crippen LogP contribution in [0.2, 0.25) is 0 Å². The van der Waals surface area contributed by atoms with Gasteiger partial charge in [0.1, 0.15) is 0 Å². The van der Waals surface area contributed by atoms with Crippen molar-refractivity contribution < 1.29 is 0 Å². The van der Waals surface area contributed by atoms with E-state index in [1.54, 1.807) is 0 Å². The SMILES string of the molecule is CC.CC.CCN1CCC(CC2CN(C)C2)CC1. The van der Waals surface area contributed by atoms with E-state index < -0.39 is 0 Å². The average molecular weight is 256 g/mol. The fourth-order valence-electron chi connectivity index (χ4n) is 2.99. The van der Waals surface area contributed by atoms with Crippen LogP contribution in [0.1, 0.15) is 53.9 Å². The van der Waals surface area contributed by atoms with Crippen molar-refractivity contribution in [1.82, 2.24) is 9.80 Å². The molecule has 2 nitrogen and oxygen atoms in total. The van der Waals surface area contributed by atoms with Gasteiger partial charge in [0, 0.05) is 13.1 Å². The van der Waals surface area contributed by atoms with Gasteiger partial charge in [-0.2, -0.15) is 0 Å². The van der Waals surface area contributed by atoms with E-state index in [1.165, 1.54) is 52.0 Å². The van der Waals surface area contributed by atoms with Crippen molar-refractivity contribution in [3.8, 4) is 0 Å². The molecule has 0 N–H and O–H groups in total. The first-order valence-electron chi connectivity index (χ1n) is 8.18. The zero-order valence-corrected chi connectivity index (χ0v) is 13.7. The molecule has 2 aliphatic rings. The molecule has 2 rings (SSSR count). The van der Waals surface area contributed by atoms with E-state index in [0.29, 0.717) is 0 Å². The van der Waals surface area contributed by atoms with Crippen LogP contribution in [-0.4, -0.2) is 49.6 Å². The van der Waals surface area contributed by atoms with Crippen LogP contribution in [0.4, 0.5) is 0 Å². The first-order chi connectivity index (χ1) is 8.78. The summed E-state index contributed by atoms with van der Waals surface area (Å²) in [5.41, 5.74) is 0. The maximum Gasteiger partial charge on any atom is 0.00191 e. The highest BCUT2D eigenvalue weighted by Crippen LogP contribution is 2.28. The van der Waals surface area contributed by atoms with Gasteiger partial charge in [0.05, 0.1) is 0 Å². The smallest absolute Gasteiger partial charge is 0.00191 e. The third-order valence-corrected chi connectivity index (χ3v) is 3.96. The molecule has 0 radical (unpaired) electrons. The minimum absolute atomic E-state index is 1.03. The van der Waals surface area contributed by atoms with Crippen molar-refractivity contribution in [2.75, 3.05) is 39.8 Å². The largest absolute Gasteiger partial charge is 0.306 e. The molecule has 0 spiro atoms. The summed E-state index contributed by atoms with van der Waals surface area (Å²) in [6.45, 7) is 16.9. The summed E-state index contributed by atoms with van der Waals surface area (Å²) < 4.78 is 0. The maximum absolute atomic E-state index is 2.59. The van der Waals surface area contributed by atoms with E-state index in [-0.39, 0.29) is 0 Å². The van der Waals surface area contributed by atoms with Gasteiger partial charge in [-0.1, -0.05) is 34.6 Å². The quantitative estimate of drug-likeness (QED) is 0.759. The van der Waals surface area contributed by atoms with Gasteiger partial charge in [-0.05, 0) is 57.8 Å². The van der Waals surface area contributed by atoms with Crippen molar-refractivity contribution in [2.45, 2.75) is 53.9 Å². The van der Waals surface area contributed by atoms with Gasteiger partial charge >= 0.3 is 0 Å². The molecule has 0 aromatic rings. The van der Waals surface area contributed by atoms with Gasteiger partial charge in [-0.25, -0.2) is 0 Å². The molecule has 18 heavy (non-hydrogen) atoms. The second-order valence-electron chi connectivity index (χ2n) is 5.20. The number of piperidine rings is 1. The minimum atomic E-state index is 1.03. The minimum Gasteiger partial charge on any atom is -0.306 e. The van der Waals surface area contributed by atoms with Gasteiger partial charge in [0.15, 0.2) is 0 Å². The maximum atomic E-state index is 2.59. The van der Waals surface area contributed by atoms with E-state index in [4.69, 9.17) is 0 Å². The van der Waals surface area contributed by atoms with Crippen LogP contribution in [0.25, 0.3) is 0 Å². The Hall–Kier alpha value is -0.0800. The first kappa shape index (κ1) is 17.9. The van der Waals surface area contributed by atoms with Gasteiger partial charge in [0.25, 0.3) is 0 Å². The summed E-state index contributed by atoms with van der Waals surface area (Å²) in [7, 11) is 2.23. The van der Waals surface area contributed by atoms with Crippen molar-refractivity contribution >= 4 is 0 Å². The van der Waals surface area contributed by atoms with Crippen molar-refractivity contribution in [1.29, 1.82) is 0 Å². The molecule has 0 aromatic heterocycles. The Morgan fingerprint density at radius 1 is 0.889 bits per heavy atom. The fourth-order valence-corrected chi connectivity index (χ4v) is 2.99. The molecule has 0 unspecified atom stereocenters. The van der Waals surface area contributed by atoms with Crippen LogP contribution in [0.3, 0.4) is 0 Å². The van der Waals surface area contributed by atoms with Crippen LogP contribution >= 0.6 is 0 Å². The van der Waals surface area contributed by atoms with Crippen molar-refractivity contribution in [2.24, 2.45) is 11.8 Å². The Labute approximate surface area is 116 Å². The van der Waals surface area contributed by atoms with Gasteiger partial charge in [-0.15, -0.1) is 0 Å². The Balaban J connectivity index is 0.000000659. The predicted molar refractivity (Wildman–Crippen MR) is 83.1 cm³/mol. The number of nitrogens with zero attached hydrogens (tertiary/aromatic N) is 2. The van der Waals surface area contributed by atoms with Crippen molar-refractivity contribution in [3.63, 3.8) is 0 Å². The van der Waals surface area contributed by atoms with Crippen LogP contribution < -0.4 is 0 Å². The average Bonchev–Trinajstić information content (AvgIpc) is 2.42. The number of likely N-dealkylation sites (tertiary alicyclic amines) is 2. The lowest BCUT2D eigenvalue weighted by Gasteiger charge is -2.40. The first-order valence-corrected chi connectivity index (χ1v) is 8.18. The standard InChI is InChI=1S/C12H24N2.2C2H6/c1-3-14-6-4-11(5-7-14)8-12-9-13(2)10-12;2*1-2/h11-12H,3-10H2,1-2H3;2*1-2H3. The normalized spacial score (nSPS) is 22.3. The van der Waals surface area contributed by atoms with Crippen LogP contribution in [-0.2, 0) is 0 Å². The number of hydrogen-bond donors (Lipinski definition) is 0. The lowest BCUT2D eigenvalue weighted by atomic mass is 9.84. The third kappa shape index (κ3) is 6.19. The van der Waals surface area contributed by atoms with Gasteiger partial charge in [0.2, 0.25) is 0 Å². The molecule has 2 fully saturated rings. The van der Waals surface area contributed by atoms with Gasteiger partial charge < -0.3 is 9.80 Å². The Kier molecular flexibility index (Phi) is 10.8. The van der Waals surface area contributed by atoms with E-state index in [0.717, 1.165) is 11.8 Å². The Morgan fingerprint density at radius 2 is 1.39 bits per heavy atom. The lowest BCUT2D eigenvalue weighted by Crippen LogP contribution is -2.45. The Morgan fingerprint density at radius 3 is 1.78 bits per heavy atom. The second kappa shape index (κ2) is 10.8. The highest BCUT2D eigenvalue weighted by atomic mass is 15.2. The van der Waals surface area contributed by atoms with E-state index in [2.05, 4.69) is 23.8 Å². The summed E-state index contributed by atoms with van der Waals surface area (Å²) in [4.78, 5) is 5.02. The summed E-state index contributed by atoms with van der Waals surface area (Å²) in [6, 6.07) is 0. The monoisotopic (exact) mass is 256 g/mol. The molecule has 0 aromatic carbocycles. The lowest BCUT2D eigenvalue weighted by molar-refractivity contribution is 0.0903. The zero-order chi connectivity index (χ0) is 14.0. The molecule has 2 aliphatic heterocycles. The molecule has 2 saturated heterocycles. The van der Waals surface area contributed by atoms with Gasteiger partial charge in [-0.3, -0.25) is 0 Å². The number of hydrogen-bond acceptors (Lipinski definition) is 2. The fraction of sp³-hybridized carbons (Fsp3) is 1.00. The van der Waals surface area contributed by atoms with Crippen LogP contribution in [0, 0.1) is 11.8 Å². The molecule has 0 atom stereocenters. The molecule has 0 aliphatic carbocycles. The predicted octanol–water partition coefficient (Wildman–Crippen LogP) is 3.72. The summed E-state index contributed by atoms with van der Waals surface area (Å²) in [5.74, 6) is 2.06. The summed E-state index contributed by atoms with van der Waals surface area (Å²) in [5, 5.41) is 0. The van der Waals surface area contributed by atoms with E-state index in [9.17, 15) is 0 Å². The summed E-state index contributed by atoms with van der Waals surface area (Å²) >= 11 is 0. The highest BCUT2D eigenvalue weighted by molar-refractivity contribution is 4.81. The Bertz CT molecular complexity index is 168. The zero-order valence-electron chi connectivity index (χ0n) is 13.7. The molecule has 110 valence electrons. The molecule has 0 bridgehead atoms. The molecule has 0 saturated carbocycles. The third-order valence-electron chi connectivity index (χ3n) is 3.96. The molecular weight excluding hydrogens is 220 g/mol. The van der Waals surface area contributed by atoms with E-state index in [1.807, 2.05) is 27.7 Å².